The number of carboxylic acid groups (broad SMARTS) is 1. The van der Waals surface area contributed by atoms with Crippen LogP contribution in [-0.4, -0.2) is 40.0 Å². The van der Waals surface area contributed by atoms with Crippen molar-refractivity contribution in [3.63, 3.8) is 0 Å². The van der Waals surface area contributed by atoms with Crippen LogP contribution in [0.25, 0.3) is 0 Å². The second kappa shape index (κ2) is 8.32. The lowest BCUT2D eigenvalue weighted by Gasteiger charge is -2.49. The van der Waals surface area contributed by atoms with Gasteiger partial charge in [-0.25, -0.2) is 9.78 Å². The molecule has 152 valence electrons. The monoisotopic (exact) mass is 402 g/mol. The molecule has 1 aliphatic rings. The molecular formula is C23H22N4O3. The molecule has 1 amide bonds. The maximum Gasteiger partial charge on any atom is 0.339 e. The summed E-state index contributed by atoms with van der Waals surface area (Å²) in [7, 11) is 0. The zero-order chi connectivity index (χ0) is 21.0. The molecule has 2 N–H and O–H groups in total. The highest BCUT2D eigenvalue weighted by molar-refractivity contribution is 5.94. The molecule has 1 aromatic carbocycles. The number of pyridine rings is 2. The fourth-order valence-electron chi connectivity index (χ4n) is 3.83. The van der Waals surface area contributed by atoms with E-state index in [1.54, 1.807) is 18.5 Å². The highest BCUT2D eigenvalue weighted by atomic mass is 16.4. The van der Waals surface area contributed by atoms with Crippen LogP contribution in [0.4, 0.5) is 5.82 Å². The number of amides is 1. The summed E-state index contributed by atoms with van der Waals surface area (Å²) >= 11 is 0. The van der Waals surface area contributed by atoms with Gasteiger partial charge in [0.25, 0.3) is 0 Å². The average Bonchev–Trinajstić information content (AvgIpc) is 2.75. The molecule has 0 saturated carbocycles. The number of benzene rings is 1. The fourth-order valence-corrected chi connectivity index (χ4v) is 3.83. The molecule has 1 saturated heterocycles. The molecule has 3 heterocycles. The van der Waals surface area contributed by atoms with Crippen LogP contribution in [0.3, 0.4) is 0 Å². The molecule has 0 atom stereocenters. The fraction of sp³-hybridized carbons (Fsp3) is 0.217. The lowest BCUT2D eigenvalue weighted by atomic mass is 9.73. The topological polar surface area (TPSA) is 95.4 Å². The van der Waals surface area contributed by atoms with Crippen LogP contribution in [0.15, 0.2) is 73.1 Å². The zero-order valence-electron chi connectivity index (χ0n) is 16.4. The van der Waals surface area contributed by atoms with Gasteiger partial charge in [0.1, 0.15) is 11.4 Å². The Balaban J connectivity index is 1.54. The molecule has 4 rings (SSSR count). The van der Waals surface area contributed by atoms with Crippen molar-refractivity contribution in [3.8, 4) is 0 Å². The summed E-state index contributed by atoms with van der Waals surface area (Å²) in [6, 6.07) is 18.6. The van der Waals surface area contributed by atoms with Gasteiger partial charge in [0.05, 0.1) is 17.7 Å². The van der Waals surface area contributed by atoms with Gasteiger partial charge in [-0.05, 0) is 36.2 Å². The summed E-state index contributed by atoms with van der Waals surface area (Å²) in [6.45, 7) is 1.14. The van der Waals surface area contributed by atoms with Crippen LogP contribution in [0.1, 0.15) is 21.6 Å². The molecule has 7 heteroatoms. The van der Waals surface area contributed by atoms with Crippen LogP contribution >= 0.6 is 0 Å². The van der Waals surface area contributed by atoms with E-state index >= 15 is 0 Å². The number of aromatic carboxylic acids is 1. The summed E-state index contributed by atoms with van der Waals surface area (Å²) in [5.41, 5.74) is 1.32. The van der Waals surface area contributed by atoms with Crippen molar-refractivity contribution >= 4 is 17.7 Å². The Morgan fingerprint density at radius 3 is 2.40 bits per heavy atom. The van der Waals surface area contributed by atoms with Gasteiger partial charge in [0.2, 0.25) is 5.91 Å². The van der Waals surface area contributed by atoms with E-state index in [1.807, 2.05) is 53.4 Å². The van der Waals surface area contributed by atoms with Gasteiger partial charge < -0.3 is 15.3 Å². The molecule has 7 nitrogen and oxygen atoms in total. The van der Waals surface area contributed by atoms with Crippen molar-refractivity contribution in [3.05, 3.63) is 89.9 Å². The minimum atomic E-state index is -1.03. The predicted octanol–water partition coefficient (Wildman–Crippen LogP) is 2.54. The summed E-state index contributed by atoms with van der Waals surface area (Å²) in [5, 5.41) is 12.5. The number of rotatable bonds is 7. The van der Waals surface area contributed by atoms with Crippen LogP contribution in [0, 0.1) is 5.41 Å². The van der Waals surface area contributed by atoms with Gasteiger partial charge in [-0.15, -0.1) is 0 Å². The largest absolute Gasteiger partial charge is 0.478 e. The number of carbonyl (C=O) groups is 2. The van der Waals surface area contributed by atoms with Crippen LogP contribution in [-0.2, 0) is 17.8 Å². The van der Waals surface area contributed by atoms with Gasteiger partial charge in [0, 0.05) is 25.5 Å². The standard InChI is InChI=1S/C23H22N4O3/c28-21(29)19-10-6-12-25-20(19)27-15-23(16-27,13-17-7-2-1-3-8-17)22(30)26-14-18-9-4-5-11-24-18/h1-12H,13-16H2,(H,26,30)(H,28,29). The normalized spacial score (nSPS) is 14.6. The van der Waals surface area contributed by atoms with E-state index in [-0.39, 0.29) is 11.5 Å². The Morgan fingerprint density at radius 2 is 1.70 bits per heavy atom. The maximum absolute atomic E-state index is 13.2. The average molecular weight is 402 g/mol. The Labute approximate surface area is 174 Å². The number of aromatic nitrogens is 2. The Hall–Kier alpha value is -3.74. The molecule has 1 aliphatic heterocycles. The van der Waals surface area contributed by atoms with Crippen molar-refractivity contribution in [2.45, 2.75) is 13.0 Å². The van der Waals surface area contributed by atoms with Gasteiger partial charge >= 0.3 is 5.97 Å². The summed E-state index contributed by atoms with van der Waals surface area (Å²) in [6.07, 6.45) is 3.83. The summed E-state index contributed by atoms with van der Waals surface area (Å²) < 4.78 is 0. The van der Waals surface area contributed by atoms with E-state index in [9.17, 15) is 14.7 Å². The Morgan fingerprint density at radius 1 is 0.967 bits per heavy atom. The van der Waals surface area contributed by atoms with E-state index in [1.165, 1.54) is 6.07 Å². The number of hydrogen-bond donors (Lipinski definition) is 2. The Kier molecular flexibility index (Phi) is 5.43. The summed E-state index contributed by atoms with van der Waals surface area (Å²) in [5.74, 6) is -0.703. The van der Waals surface area contributed by atoms with Crippen molar-refractivity contribution in [1.29, 1.82) is 0 Å². The lowest BCUT2D eigenvalue weighted by Crippen LogP contribution is -2.64. The molecule has 0 aliphatic carbocycles. The van der Waals surface area contributed by atoms with Crippen LogP contribution in [0.2, 0.25) is 0 Å². The molecule has 1 fully saturated rings. The second-order valence-electron chi connectivity index (χ2n) is 7.48. The third-order valence-electron chi connectivity index (χ3n) is 5.33. The first-order chi connectivity index (χ1) is 14.6. The van der Waals surface area contributed by atoms with Gasteiger partial charge in [-0.1, -0.05) is 36.4 Å². The molecule has 0 unspecified atom stereocenters. The number of carboxylic acids is 1. The smallest absolute Gasteiger partial charge is 0.339 e. The quantitative estimate of drug-likeness (QED) is 0.631. The number of anilines is 1. The van der Waals surface area contributed by atoms with Crippen molar-refractivity contribution in [2.24, 2.45) is 5.41 Å². The van der Waals surface area contributed by atoms with E-state index in [0.29, 0.717) is 31.9 Å². The van der Waals surface area contributed by atoms with Gasteiger partial charge in [-0.3, -0.25) is 9.78 Å². The molecule has 0 bridgehead atoms. The first-order valence-electron chi connectivity index (χ1n) is 9.73. The SMILES string of the molecule is O=C(O)c1cccnc1N1CC(Cc2ccccc2)(C(=O)NCc2ccccn2)C1. The van der Waals surface area contributed by atoms with Crippen molar-refractivity contribution < 1.29 is 14.7 Å². The number of nitrogens with zero attached hydrogens (tertiary/aromatic N) is 3. The maximum atomic E-state index is 13.2. The first-order valence-corrected chi connectivity index (χ1v) is 9.73. The predicted molar refractivity (Wildman–Crippen MR) is 112 cm³/mol. The van der Waals surface area contributed by atoms with Crippen LogP contribution in [0.5, 0.6) is 0 Å². The molecule has 0 spiro atoms. The minimum Gasteiger partial charge on any atom is -0.478 e. The number of carbonyl (C=O) groups excluding carboxylic acids is 1. The molecule has 2 aromatic heterocycles. The minimum absolute atomic E-state index is 0.0685. The van der Waals surface area contributed by atoms with E-state index in [0.717, 1.165) is 11.3 Å². The van der Waals surface area contributed by atoms with E-state index in [4.69, 9.17) is 0 Å². The third kappa shape index (κ3) is 4.00. The first kappa shape index (κ1) is 19.6. The number of hydrogen-bond acceptors (Lipinski definition) is 5. The van der Waals surface area contributed by atoms with E-state index < -0.39 is 11.4 Å². The number of nitrogens with one attached hydrogen (secondary N) is 1. The Bertz CT molecular complexity index is 1030. The molecular weight excluding hydrogens is 380 g/mol. The van der Waals surface area contributed by atoms with Crippen molar-refractivity contribution in [2.75, 3.05) is 18.0 Å². The van der Waals surface area contributed by atoms with Crippen molar-refractivity contribution in [1.82, 2.24) is 15.3 Å². The van der Waals surface area contributed by atoms with Crippen LogP contribution < -0.4 is 10.2 Å². The van der Waals surface area contributed by atoms with E-state index in [2.05, 4.69) is 15.3 Å². The van der Waals surface area contributed by atoms with Gasteiger partial charge in [0.15, 0.2) is 0 Å². The highest BCUT2D eigenvalue weighted by Gasteiger charge is 2.50. The lowest BCUT2D eigenvalue weighted by molar-refractivity contribution is -0.132. The highest BCUT2D eigenvalue weighted by Crippen LogP contribution is 2.38. The summed E-state index contributed by atoms with van der Waals surface area (Å²) in [4.78, 5) is 35.1. The molecule has 30 heavy (non-hydrogen) atoms. The zero-order valence-corrected chi connectivity index (χ0v) is 16.4. The van der Waals surface area contributed by atoms with Gasteiger partial charge in [-0.2, -0.15) is 0 Å². The third-order valence-corrected chi connectivity index (χ3v) is 5.33. The second-order valence-corrected chi connectivity index (χ2v) is 7.48. The molecule has 0 radical (unpaired) electrons. The molecule has 3 aromatic rings.